The first-order valence-electron chi connectivity index (χ1n) is 11.7. The zero-order valence-electron chi connectivity index (χ0n) is 19.7. The molecule has 0 saturated carbocycles. The van der Waals surface area contributed by atoms with Crippen molar-refractivity contribution in [3.05, 3.63) is 89.0 Å². The third-order valence-corrected chi connectivity index (χ3v) is 6.06. The molecular formula is C28H25N3O5. The molecule has 182 valence electrons. The van der Waals surface area contributed by atoms with E-state index in [1.54, 1.807) is 36.4 Å². The normalized spacial score (nSPS) is 14.6. The van der Waals surface area contributed by atoms with Gasteiger partial charge in [0.25, 0.3) is 11.8 Å². The Morgan fingerprint density at radius 3 is 2.42 bits per heavy atom. The Labute approximate surface area is 208 Å². The molecular weight excluding hydrogens is 458 g/mol. The third-order valence-electron chi connectivity index (χ3n) is 6.06. The summed E-state index contributed by atoms with van der Waals surface area (Å²) in [6, 6.07) is 19.7. The Morgan fingerprint density at radius 1 is 0.861 bits per heavy atom. The van der Waals surface area contributed by atoms with Crippen LogP contribution in [-0.4, -0.2) is 37.5 Å². The van der Waals surface area contributed by atoms with E-state index in [0.29, 0.717) is 64.7 Å². The van der Waals surface area contributed by atoms with Gasteiger partial charge in [-0.05, 0) is 61.9 Å². The lowest BCUT2D eigenvalue weighted by atomic mass is 9.97. The molecule has 3 aromatic carbocycles. The van der Waals surface area contributed by atoms with Crippen molar-refractivity contribution in [2.24, 2.45) is 0 Å². The standard InChI is InChI=1S/C28H25N3O5/c1-17(32)19-8-10-22-21(14-19)25(28(34)31-22)26(20-9-11-23-24(15-20)36-16-35-23)29-12-5-13-30-27(33)18-6-3-2-4-7-18/h2-4,6-11,14-15,29H,5,12-13,16H2,1H3,(H,30,33)(H,31,34)/b26-25-. The maximum atomic E-state index is 13.1. The van der Waals surface area contributed by atoms with Gasteiger partial charge in [0.2, 0.25) is 6.79 Å². The number of hydrogen-bond acceptors (Lipinski definition) is 6. The number of Topliss-reactive ketones (excluding diaryl/α,β-unsaturated/α-hetero) is 1. The summed E-state index contributed by atoms with van der Waals surface area (Å²) in [5, 5.41) is 9.19. The van der Waals surface area contributed by atoms with E-state index in [1.165, 1.54) is 6.92 Å². The molecule has 3 N–H and O–H groups in total. The molecule has 0 saturated heterocycles. The number of rotatable bonds is 8. The number of carbonyl (C=O) groups excluding carboxylic acids is 3. The average Bonchev–Trinajstić information content (AvgIpc) is 3.49. The van der Waals surface area contributed by atoms with Crippen molar-refractivity contribution in [1.82, 2.24) is 10.6 Å². The van der Waals surface area contributed by atoms with Crippen LogP contribution >= 0.6 is 0 Å². The van der Waals surface area contributed by atoms with Gasteiger partial charge < -0.3 is 25.4 Å². The molecule has 3 aromatic rings. The van der Waals surface area contributed by atoms with E-state index < -0.39 is 0 Å². The lowest BCUT2D eigenvalue weighted by Gasteiger charge is -2.15. The number of anilines is 1. The molecule has 2 heterocycles. The molecule has 0 aromatic heterocycles. The summed E-state index contributed by atoms with van der Waals surface area (Å²) in [7, 11) is 0. The first kappa shape index (κ1) is 23.2. The van der Waals surface area contributed by atoms with Crippen molar-refractivity contribution in [2.75, 3.05) is 25.2 Å². The Balaban J connectivity index is 1.40. The molecule has 36 heavy (non-hydrogen) atoms. The zero-order valence-corrected chi connectivity index (χ0v) is 19.7. The topological polar surface area (TPSA) is 106 Å². The number of fused-ring (bicyclic) bond motifs is 2. The molecule has 5 rings (SSSR count). The molecule has 2 aliphatic rings. The summed E-state index contributed by atoms with van der Waals surface area (Å²) in [5.41, 5.74) is 4.24. The molecule has 0 fully saturated rings. The lowest BCUT2D eigenvalue weighted by Crippen LogP contribution is -2.27. The second kappa shape index (κ2) is 9.95. The van der Waals surface area contributed by atoms with Crippen LogP contribution in [0, 0.1) is 0 Å². The van der Waals surface area contributed by atoms with Crippen LogP contribution in [0.3, 0.4) is 0 Å². The Kier molecular flexibility index (Phi) is 6.40. The van der Waals surface area contributed by atoms with E-state index in [9.17, 15) is 14.4 Å². The second-order valence-corrected chi connectivity index (χ2v) is 8.49. The second-order valence-electron chi connectivity index (χ2n) is 8.49. The van der Waals surface area contributed by atoms with Gasteiger partial charge in [0, 0.05) is 41.0 Å². The maximum absolute atomic E-state index is 13.1. The summed E-state index contributed by atoms with van der Waals surface area (Å²) in [6.07, 6.45) is 0.627. The highest BCUT2D eigenvalue weighted by Crippen LogP contribution is 2.39. The van der Waals surface area contributed by atoms with Crippen LogP contribution in [0.25, 0.3) is 11.3 Å². The first-order chi connectivity index (χ1) is 17.5. The molecule has 0 aliphatic carbocycles. The SMILES string of the molecule is CC(=O)c1ccc2c(c1)/C(=C(/NCCCNC(=O)c1ccccc1)c1ccc3c(c1)OCO3)C(=O)N2. The number of benzene rings is 3. The molecule has 8 nitrogen and oxygen atoms in total. The number of ether oxygens (including phenoxy) is 2. The van der Waals surface area contributed by atoms with Gasteiger partial charge in [-0.3, -0.25) is 14.4 Å². The summed E-state index contributed by atoms with van der Waals surface area (Å²) in [5.74, 6) is 0.762. The molecule has 0 bridgehead atoms. The van der Waals surface area contributed by atoms with Crippen LogP contribution in [0.1, 0.15) is 45.2 Å². The highest BCUT2D eigenvalue weighted by Gasteiger charge is 2.29. The first-order valence-corrected chi connectivity index (χ1v) is 11.7. The molecule has 2 amide bonds. The van der Waals surface area contributed by atoms with Gasteiger partial charge >= 0.3 is 0 Å². The molecule has 0 spiro atoms. The van der Waals surface area contributed by atoms with Crippen LogP contribution in [0.4, 0.5) is 5.69 Å². The highest BCUT2D eigenvalue weighted by molar-refractivity contribution is 6.36. The smallest absolute Gasteiger partial charge is 0.258 e. The van der Waals surface area contributed by atoms with Gasteiger partial charge in [0.05, 0.1) is 11.3 Å². The van der Waals surface area contributed by atoms with E-state index >= 15 is 0 Å². The quantitative estimate of drug-likeness (QED) is 0.255. The van der Waals surface area contributed by atoms with E-state index in [4.69, 9.17) is 9.47 Å². The van der Waals surface area contributed by atoms with E-state index in [-0.39, 0.29) is 24.4 Å². The number of ketones is 1. The summed E-state index contributed by atoms with van der Waals surface area (Å²) in [6.45, 7) is 2.60. The summed E-state index contributed by atoms with van der Waals surface area (Å²) in [4.78, 5) is 37.4. The predicted molar refractivity (Wildman–Crippen MR) is 136 cm³/mol. The fourth-order valence-electron chi connectivity index (χ4n) is 4.22. The molecule has 8 heteroatoms. The van der Waals surface area contributed by atoms with E-state index in [0.717, 1.165) is 5.56 Å². The van der Waals surface area contributed by atoms with Gasteiger partial charge in [0.1, 0.15) is 0 Å². The number of hydrogen-bond donors (Lipinski definition) is 3. The number of carbonyl (C=O) groups is 3. The maximum Gasteiger partial charge on any atom is 0.258 e. The average molecular weight is 484 g/mol. The largest absolute Gasteiger partial charge is 0.454 e. The monoisotopic (exact) mass is 483 g/mol. The molecule has 0 radical (unpaired) electrons. The molecule has 0 atom stereocenters. The third kappa shape index (κ3) is 4.65. The van der Waals surface area contributed by atoms with Crippen LogP contribution in [0.2, 0.25) is 0 Å². The Hall–Kier alpha value is -4.59. The van der Waals surface area contributed by atoms with E-state index in [1.807, 2.05) is 30.3 Å². The van der Waals surface area contributed by atoms with Crippen molar-refractivity contribution in [1.29, 1.82) is 0 Å². The van der Waals surface area contributed by atoms with Gasteiger partial charge in [-0.25, -0.2) is 0 Å². The minimum absolute atomic E-state index is 0.0803. The number of amides is 2. The summed E-state index contributed by atoms with van der Waals surface area (Å²) >= 11 is 0. The van der Waals surface area contributed by atoms with Crippen molar-refractivity contribution >= 4 is 34.6 Å². The van der Waals surface area contributed by atoms with Crippen LogP contribution in [-0.2, 0) is 4.79 Å². The lowest BCUT2D eigenvalue weighted by molar-refractivity contribution is -0.110. The fourth-order valence-corrected chi connectivity index (χ4v) is 4.22. The molecule has 2 aliphatic heterocycles. The Bertz CT molecular complexity index is 1380. The van der Waals surface area contributed by atoms with E-state index in [2.05, 4.69) is 16.0 Å². The van der Waals surface area contributed by atoms with Crippen molar-refractivity contribution in [3.63, 3.8) is 0 Å². The summed E-state index contributed by atoms with van der Waals surface area (Å²) < 4.78 is 11.0. The van der Waals surface area contributed by atoms with Gasteiger partial charge in [-0.15, -0.1) is 0 Å². The van der Waals surface area contributed by atoms with Gasteiger partial charge in [0.15, 0.2) is 17.3 Å². The fraction of sp³-hybridized carbons (Fsp3) is 0.179. The predicted octanol–water partition coefficient (Wildman–Crippen LogP) is 3.85. The van der Waals surface area contributed by atoms with Crippen molar-refractivity contribution in [3.8, 4) is 11.5 Å². The zero-order chi connectivity index (χ0) is 25.1. The van der Waals surface area contributed by atoms with Gasteiger partial charge in [-0.2, -0.15) is 0 Å². The minimum atomic E-state index is -0.261. The highest BCUT2D eigenvalue weighted by atomic mass is 16.7. The van der Waals surface area contributed by atoms with Gasteiger partial charge in [-0.1, -0.05) is 18.2 Å². The van der Waals surface area contributed by atoms with Crippen LogP contribution in [0.15, 0.2) is 66.7 Å². The molecule has 0 unspecified atom stereocenters. The minimum Gasteiger partial charge on any atom is -0.454 e. The van der Waals surface area contributed by atoms with Crippen LogP contribution < -0.4 is 25.4 Å². The van der Waals surface area contributed by atoms with Crippen molar-refractivity contribution < 1.29 is 23.9 Å². The van der Waals surface area contributed by atoms with Crippen LogP contribution in [0.5, 0.6) is 11.5 Å². The number of nitrogens with one attached hydrogen (secondary N) is 3. The van der Waals surface area contributed by atoms with Crippen molar-refractivity contribution in [2.45, 2.75) is 13.3 Å². The Morgan fingerprint density at radius 2 is 1.61 bits per heavy atom.